The summed E-state index contributed by atoms with van der Waals surface area (Å²) in [6.45, 7) is 8.17. The monoisotopic (exact) mass is 297 g/mol. The fourth-order valence-electron chi connectivity index (χ4n) is 2.58. The smallest absolute Gasteiger partial charge is 0.128 e. The van der Waals surface area contributed by atoms with Gasteiger partial charge in [0.05, 0.1) is 0 Å². The Morgan fingerprint density at radius 1 is 0.773 bits per heavy atom. The summed E-state index contributed by atoms with van der Waals surface area (Å²) < 4.78 is 0. The third-order valence-corrected chi connectivity index (χ3v) is 3.55. The topological polar surface area (TPSA) is 46.2 Å². The van der Waals surface area contributed by atoms with Crippen LogP contribution in [0.1, 0.15) is 49.9 Å². The van der Waals surface area contributed by atoms with Crippen LogP contribution in [-0.2, 0) is 5.60 Å². The molecular weight excluding hydrogens is 270 g/mol. The van der Waals surface area contributed by atoms with Gasteiger partial charge in [0.25, 0.3) is 0 Å². The predicted octanol–water partition coefficient (Wildman–Crippen LogP) is 4.42. The molecule has 22 heavy (non-hydrogen) atoms. The Kier molecular flexibility index (Phi) is 7.03. The summed E-state index contributed by atoms with van der Waals surface area (Å²) in [5, 5.41) is 11.0. The Bertz CT molecular complexity index is 567. The third-order valence-electron chi connectivity index (χ3n) is 3.55. The molecule has 0 aromatic heterocycles. The normalized spacial score (nSPS) is 13.4. The van der Waals surface area contributed by atoms with Crippen molar-refractivity contribution in [2.75, 3.05) is 6.54 Å². The SMILES string of the molecule is CC.CC.NCC1(O)c2ccccc2C=Cc2ccccc21. The molecule has 0 saturated heterocycles. The van der Waals surface area contributed by atoms with E-state index < -0.39 is 5.60 Å². The van der Waals surface area contributed by atoms with Crippen LogP contribution in [0.5, 0.6) is 0 Å². The minimum Gasteiger partial charge on any atom is -0.379 e. The zero-order chi connectivity index (χ0) is 16.6. The second-order valence-electron chi connectivity index (χ2n) is 4.57. The van der Waals surface area contributed by atoms with Crippen molar-refractivity contribution in [1.82, 2.24) is 0 Å². The van der Waals surface area contributed by atoms with Crippen LogP contribution >= 0.6 is 0 Å². The summed E-state index contributed by atoms with van der Waals surface area (Å²) in [6, 6.07) is 15.7. The average molecular weight is 297 g/mol. The molecule has 0 aliphatic heterocycles. The number of nitrogens with two attached hydrogens (primary N) is 1. The summed E-state index contributed by atoms with van der Waals surface area (Å²) in [5.41, 5.74) is 8.51. The van der Waals surface area contributed by atoms with E-state index in [0.29, 0.717) is 0 Å². The Morgan fingerprint density at radius 3 is 1.50 bits per heavy atom. The summed E-state index contributed by atoms with van der Waals surface area (Å²) in [7, 11) is 0. The molecule has 118 valence electrons. The maximum absolute atomic E-state index is 11.0. The van der Waals surface area contributed by atoms with Crippen molar-refractivity contribution in [3.05, 3.63) is 70.8 Å². The average Bonchev–Trinajstić information content (AvgIpc) is 2.75. The first kappa shape index (κ1) is 18.1. The van der Waals surface area contributed by atoms with E-state index in [9.17, 15) is 5.11 Å². The molecule has 0 fully saturated rings. The molecule has 0 bridgehead atoms. The Labute approximate surface area is 134 Å². The molecule has 0 spiro atoms. The van der Waals surface area contributed by atoms with Crippen molar-refractivity contribution in [3.63, 3.8) is 0 Å². The van der Waals surface area contributed by atoms with Gasteiger partial charge in [-0.1, -0.05) is 88.4 Å². The summed E-state index contributed by atoms with van der Waals surface area (Å²) in [6.07, 6.45) is 4.06. The van der Waals surface area contributed by atoms with Gasteiger partial charge in [0.2, 0.25) is 0 Å². The lowest BCUT2D eigenvalue weighted by Gasteiger charge is -2.29. The van der Waals surface area contributed by atoms with E-state index in [1.54, 1.807) is 0 Å². The minimum atomic E-state index is -1.11. The lowest BCUT2D eigenvalue weighted by atomic mass is 9.83. The Balaban J connectivity index is 0.000000561. The predicted molar refractivity (Wildman–Crippen MR) is 96.6 cm³/mol. The fourth-order valence-corrected chi connectivity index (χ4v) is 2.58. The number of benzene rings is 2. The standard InChI is InChI=1S/C16H15NO.2C2H6/c17-11-16(18)14-7-3-1-5-12(14)9-10-13-6-2-4-8-15(13)16;2*1-2/h1-10,18H,11,17H2;2*1-2H3. The van der Waals surface area contributed by atoms with Gasteiger partial charge in [-0.3, -0.25) is 0 Å². The highest BCUT2D eigenvalue weighted by Crippen LogP contribution is 2.36. The van der Waals surface area contributed by atoms with Crippen LogP contribution in [0.25, 0.3) is 12.2 Å². The van der Waals surface area contributed by atoms with E-state index in [-0.39, 0.29) is 6.54 Å². The molecular formula is C20H27NO. The molecule has 0 radical (unpaired) electrons. The summed E-state index contributed by atoms with van der Waals surface area (Å²) in [5.74, 6) is 0. The van der Waals surface area contributed by atoms with E-state index in [2.05, 4.69) is 0 Å². The van der Waals surface area contributed by atoms with E-state index in [0.717, 1.165) is 22.3 Å². The Morgan fingerprint density at radius 2 is 1.14 bits per heavy atom. The van der Waals surface area contributed by atoms with Gasteiger partial charge in [-0.15, -0.1) is 0 Å². The number of hydrogen-bond donors (Lipinski definition) is 2. The highest BCUT2D eigenvalue weighted by Gasteiger charge is 2.34. The van der Waals surface area contributed by atoms with E-state index >= 15 is 0 Å². The lowest BCUT2D eigenvalue weighted by molar-refractivity contribution is 0.0900. The minimum absolute atomic E-state index is 0.169. The van der Waals surface area contributed by atoms with Crippen LogP contribution in [-0.4, -0.2) is 11.7 Å². The van der Waals surface area contributed by atoms with E-state index in [4.69, 9.17) is 5.73 Å². The maximum atomic E-state index is 11.0. The van der Waals surface area contributed by atoms with Crippen molar-refractivity contribution >= 4 is 12.2 Å². The highest BCUT2D eigenvalue weighted by molar-refractivity contribution is 5.77. The molecule has 0 atom stereocenters. The van der Waals surface area contributed by atoms with Crippen LogP contribution in [0.2, 0.25) is 0 Å². The second kappa shape index (κ2) is 8.52. The molecule has 2 aromatic rings. The van der Waals surface area contributed by atoms with Gasteiger partial charge < -0.3 is 10.8 Å². The number of hydrogen-bond acceptors (Lipinski definition) is 2. The molecule has 3 rings (SSSR count). The number of fused-ring (bicyclic) bond motifs is 2. The molecule has 2 aromatic carbocycles. The van der Waals surface area contributed by atoms with Crippen molar-refractivity contribution < 1.29 is 5.11 Å². The Hall–Kier alpha value is -1.90. The molecule has 1 aliphatic rings. The van der Waals surface area contributed by atoms with Gasteiger partial charge in [-0.25, -0.2) is 0 Å². The first-order valence-electron chi connectivity index (χ1n) is 8.05. The third kappa shape index (κ3) is 3.29. The van der Waals surface area contributed by atoms with Crippen LogP contribution in [0, 0.1) is 0 Å². The lowest BCUT2D eigenvalue weighted by Crippen LogP contribution is -2.37. The molecule has 2 heteroatoms. The van der Waals surface area contributed by atoms with Gasteiger partial charge in [0, 0.05) is 6.54 Å². The summed E-state index contributed by atoms with van der Waals surface area (Å²) >= 11 is 0. The van der Waals surface area contributed by atoms with Crippen LogP contribution in [0.4, 0.5) is 0 Å². The van der Waals surface area contributed by atoms with Crippen LogP contribution in [0.15, 0.2) is 48.5 Å². The van der Waals surface area contributed by atoms with Crippen molar-refractivity contribution in [2.45, 2.75) is 33.3 Å². The van der Waals surface area contributed by atoms with Crippen LogP contribution in [0.3, 0.4) is 0 Å². The molecule has 0 unspecified atom stereocenters. The molecule has 1 aliphatic carbocycles. The van der Waals surface area contributed by atoms with Gasteiger partial charge in [0.1, 0.15) is 5.60 Å². The molecule has 2 nitrogen and oxygen atoms in total. The molecule has 0 heterocycles. The molecule has 0 amide bonds. The largest absolute Gasteiger partial charge is 0.379 e. The van der Waals surface area contributed by atoms with Crippen molar-refractivity contribution in [2.24, 2.45) is 5.73 Å². The van der Waals surface area contributed by atoms with E-state index in [1.165, 1.54) is 0 Å². The summed E-state index contributed by atoms with van der Waals surface area (Å²) in [4.78, 5) is 0. The van der Waals surface area contributed by atoms with Crippen molar-refractivity contribution in [1.29, 1.82) is 0 Å². The quantitative estimate of drug-likeness (QED) is 0.818. The number of aliphatic hydroxyl groups is 1. The molecule has 3 N–H and O–H groups in total. The van der Waals surface area contributed by atoms with Gasteiger partial charge >= 0.3 is 0 Å². The first-order chi connectivity index (χ1) is 10.8. The highest BCUT2D eigenvalue weighted by atomic mass is 16.3. The van der Waals surface area contributed by atoms with Gasteiger partial charge in [-0.05, 0) is 22.3 Å². The second-order valence-corrected chi connectivity index (χ2v) is 4.57. The zero-order valence-corrected chi connectivity index (χ0v) is 14.0. The van der Waals surface area contributed by atoms with E-state index in [1.807, 2.05) is 88.4 Å². The maximum Gasteiger partial charge on any atom is 0.128 e. The van der Waals surface area contributed by atoms with Crippen molar-refractivity contribution in [3.8, 4) is 0 Å². The molecule has 0 saturated carbocycles. The first-order valence-corrected chi connectivity index (χ1v) is 8.05. The fraction of sp³-hybridized carbons (Fsp3) is 0.300. The van der Waals surface area contributed by atoms with Gasteiger partial charge in [0.15, 0.2) is 0 Å². The zero-order valence-electron chi connectivity index (χ0n) is 14.0. The van der Waals surface area contributed by atoms with Crippen LogP contribution < -0.4 is 5.73 Å². The number of rotatable bonds is 1. The van der Waals surface area contributed by atoms with Gasteiger partial charge in [-0.2, -0.15) is 0 Å².